The fraction of sp³-hybridized carbons (Fsp3) is 0.0435. The van der Waals surface area contributed by atoms with Crippen LogP contribution in [-0.2, 0) is 11.4 Å². The van der Waals surface area contributed by atoms with E-state index in [1.54, 1.807) is 6.08 Å². The molecule has 1 aliphatic heterocycles. The summed E-state index contributed by atoms with van der Waals surface area (Å²) in [6, 6.07) is 15.2. The maximum atomic E-state index is 13.5. The monoisotopic (exact) mass is 645 g/mol. The van der Waals surface area contributed by atoms with Crippen LogP contribution in [0, 0.1) is 5.82 Å². The molecule has 3 nitrogen and oxygen atoms in total. The Morgan fingerprint density at radius 2 is 1.76 bits per heavy atom. The summed E-state index contributed by atoms with van der Waals surface area (Å²) in [5.41, 5.74) is 2.04. The van der Waals surface area contributed by atoms with Crippen LogP contribution in [0.5, 0.6) is 5.75 Å². The van der Waals surface area contributed by atoms with Crippen molar-refractivity contribution in [2.45, 2.75) is 6.61 Å². The van der Waals surface area contributed by atoms with Gasteiger partial charge in [0, 0.05) is 10.6 Å². The Bertz CT molecular complexity index is 1300. The number of anilines is 1. The third-order valence-electron chi connectivity index (χ3n) is 4.60. The first-order chi connectivity index (χ1) is 15.7. The zero-order chi connectivity index (χ0) is 23.7. The van der Waals surface area contributed by atoms with Crippen LogP contribution in [0.4, 0.5) is 10.1 Å². The van der Waals surface area contributed by atoms with Crippen molar-refractivity contribution in [1.29, 1.82) is 0 Å². The fourth-order valence-electron chi connectivity index (χ4n) is 3.03. The van der Waals surface area contributed by atoms with E-state index in [1.165, 1.54) is 23.1 Å². The lowest BCUT2D eigenvalue weighted by atomic mass is 10.2. The minimum absolute atomic E-state index is 0.0780. The molecule has 33 heavy (non-hydrogen) atoms. The van der Waals surface area contributed by atoms with E-state index in [4.69, 9.17) is 40.2 Å². The van der Waals surface area contributed by atoms with Crippen LogP contribution in [0.2, 0.25) is 10.0 Å². The molecular weight excluding hydrogens is 636 g/mol. The maximum Gasteiger partial charge on any atom is 0.270 e. The third kappa shape index (κ3) is 5.47. The van der Waals surface area contributed by atoms with Crippen LogP contribution >= 0.6 is 79.0 Å². The van der Waals surface area contributed by atoms with E-state index in [1.807, 2.05) is 36.4 Å². The van der Waals surface area contributed by atoms with Crippen LogP contribution in [-0.4, -0.2) is 10.2 Å². The lowest BCUT2D eigenvalue weighted by Crippen LogP contribution is -2.27. The number of amides is 1. The minimum Gasteiger partial charge on any atom is -0.486 e. The molecular formula is C23H12Br2Cl2FNO2S2. The molecule has 0 spiro atoms. The Morgan fingerprint density at radius 1 is 1.06 bits per heavy atom. The van der Waals surface area contributed by atoms with Gasteiger partial charge >= 0.3 is 0 Å². The highest BCUT2D eigenvalue weighted by Crippen LogP contribution is 2.40. The number of thiocarbonyl (C=S) groups is 1. The first-order valence-corrected chi connectivity index (χ1v) is 12.9. The number of rotatable bonds is 5. The maximum absolute atomic E-state index is 13.5. The Kier molecular flexibility index (Phi) is 7.83. The van der Waals surface area contributed by atoms with E-state index in [2.05, 4.69) is 31.9 Å². The summed E-state index contributed by atoms with van der Waals surface area (Å²) >= 11 is 25.7. The first-order valence-electron chi connectivity index (χ1n) is 9.33. The van der Waals surface area contributed by atoms with Crippen molar-refractivity contribution in [2.24, 2.45) is 0 Å². The molecule has 0 bridgehead atoms. The second-order valence-electron chi connectivity index (χ2n) is 6.81. The summed E-state index contributed by atoms with van der Waals surface area (Å²) in [6.45, 7) is 0.301. The zero-order valence-electron chi connectivity index (χ0n) is 16.5. The molecule has 0 aliphatic carbocycles. The summed E-state index contributed by atoms with van der Waals surface area (Å²) in [5.74, 6) is -0.257. The molecule has 1 saturated heterocycles. The van der Waals surface area contributed by atoms with Crippen molar-refractivity contribution in [1.82, 2.24) is 0 Å². The van der Waals surface area contributed by atoms with Crippen molar-refractivity contribution in [3.63, 3.8) is 0 Å². The van der Waals surface area contributed by atoms with Crippen molar-refractivity contribution in [3.8, 4) is 5.75 Å². The molecule has 0 aromatic heterocycles. The van der Waals surface area contributed by atoms with Gasteiger partial charge in [-0.1, -0.05) is 65.4 Å². The number of carbonyl (C=O) groups is 1. The molecule has 10 heteroatoms. The van der Waals surface area contributed by atoms with Crippen molar-refractivity contribution in [3.05, 3.63) is 95.4 Å². The minimum atomic E-state index is -0.562. The average molecular weight is 648 g/mol. The van der Waals surface area contributed by atoms with Gasteiger partial charge in [0.15, 0.2) is 4.32 Å². The molecule has 1 aliphatic rings. The summed E-state index contributed by atoms with van der Waals surface area (Å²) in [5, 5.41) is 0.552. The van der Waals surface area contributed by atoms with Gasteiger partial charge in [-0.25, -0.2) is 4.39 Å². The van der Waals surface area contributed by atoms with Crippen LogP contribution in [0.15, 0.2) is 68.4 Å². The fourth-order valence-corrected chi connectivity index (χ4v) is 6.15. The number of benzene rings is 3. The van der Waals surface area contributed by atoms with Gasteiger partial charge in [-0.2, -0.15) is 0 Å². The van der Waals surface area contributed by atoms with Crippen molar-refractivity contribution in [2.75, 3.05) is 4.90 Å². The highest BCUT2D eigenvalue weighted by atomic mass is 79.9. The number of hydrogen-bond acceptors (Lipinski definition) is 4. The van der Waals surface area contributed by atoms with Gasteiger partial charge in [0.05, 0.1) is 24.6 Å². The van der Waals surface area contributed by atoms with E-state index in [0.29, 0.717) is 41.2 Å². The molecule has 0 N–H and O–H groups in total. The van der Waals surface area contributed by atoms with Gasteiger partial charge < -0.3 is 4.74 Å². The molecule has 0 radical (unpaired) electrons. The summed E-state index contributed by atoms with van der Waals surface area (Å²) < 4.78 is 21.2. The summed E-state index contributed by atoms with van der Waals surface area (Å²) in [4.78, 5) is 14.8. The molecule has 0 saturated carbocycles. The average Bonchev–Trinajstić information content (AvgIpc) is 3.03. The van der Waals surface area contributed by atoms with E-state index in [0.717, 1.165) is 22.9 Å². The van der Waals surface area contributed by atoms with Crippen LogP contribution in [0.25, 0.3) is 6.08 Å². The molecule has 0 unspecified atom stereocenters. The summed E-state index contributed by atoms with van der Waals surface area (Å²) in [6.07, 6.45) is 1.73. The molecule has 1 heterocycles. The van der Waals surface area contributed by atoms with E-state index in [-0.39, 0.29) is 10.9 Å². The number of nitrogens with zero attached hydrogens (tertiary/aromatic N) is 1. The molecule has 1 fully saturated rings. The highest BCUT2D eigenvalue weighted by Gasteiger charge is 2.33. The van der Waals surface area contributed by atoms with E-state index >= 15 is 0 Å². The second-order valence-corrected chi connectivity index (χ2v) is 11.0. The molecule has 168 valence electrons. The van der Waals surface area contributed by atoms with Gasteiger partial charge in [0.2, 0.25) is 0 Å². The summed E-state index contributed by atoms with van der Waals surface area (Å²) in [7, 11) is 0. The number of ether oxygens (including phenoxy) is 1. The van der Waals surface area contributed by atoms with Crippen LogP contribution < -0.4 is 9.64 Å². The topological polar surface area (TPSA) is 29.5 Å². The largest absolute Gasteiger partial charge is 0.486 e. The number of hydrogen-bond donors (Lipinski definition) is 0. The molecule has 4 rings (SSSR count). The molecule has 3 aromatic rings. The number of halogens is 5. The second kappa shape index (κ2) is 10.5. The van der Waals surface area contributed by atoms with Crippen LogP contribution in [0.1, 0.15) is 11.1 Å². The SMILES string of the molecule is O=C1/C(=C\c2cc(Br)c(OCc3ccccc3Cl)c(Br)c2)SC(=S)N1c1ccc(F)c(Cl)c1. The predicted molar refractivity (Wildman–Crippen MR) is 145 cm³/mol. The van der Waals surface area contributed by atoms with Gasteiger partial charge in [-0.05, 0) is 79.9 Å². The van der Waals surface area contributed by atoms with Crippen molar-refractivity contribution < 1.29 is 13.9 Å². The standard InChI is InChI=1S/C23H12Br2Cl2FNO2S2/c24-15-7-12(8-16(25)21(15)31-11-13-3-1-2-4-17(13)26)9-20-22(30)29(23(32)33-20)14-5-6-19(28)18(27)10-14/h1-10H,11H2/b20-9+. The smallest absolute Gasteiger partial charge is 0.270 e. The van der Waals surface area contributed by atoms with E-state index in [9.17, 15) is 9.18 Å². The highest BCUT2D eigenvalue weighted by molar-refractivity contribution is 9.11. The lowest BCUT2D eigenvalue weighted by molar-refractivity contribution is -0.113. The first kappa shape index (κ1) is 24.7. The van der Waals surface area contributed by atoms with Gasteiger partial charge in [0.25, 0.3) is 5.91 Å². The van der Waals surface area contributed by atoms with Crippen molar-refractivity contribution >= 4 is 101 Å². The molecule has 0 atom stereocenters. The Hall–Kier alpha value is -1.42. The van der Waals surface area contributed by atoms with Gasteiger partial charge in [0.1, 0.15) is 18.2 Å². The Labute approximate surface area is 226 Å². The van der Waals surface area contributed by atoms with E-state index < -0.39 is 5.82 Å². The molecule has 3 aromatic carbocycles. The number of thioether (sulfide) groups is 1. The number of carbonyl (C=O) groups excluding carboxylic acids is 1. The van der Waals surface area contributed by atoms with Gasteiger partial charge in [-0.3, -0.25) is 9.69 Å². The van der Waals surface area contributed by atoms with Crippen LogP contribution in [0.3, 0.4) is 0 Å². The normalized spacial score (nSPS) is 14.9. The van der Waals surface area contributed by atoms with Gasteiger partial charge in [-0.15, -0.1) is 0 Å². The molecule has 1 amide bonds. The third-order valence-corrected chi connectivity index (χ3v) is 7.74. The Balaban J connectivity index is 1.56. The quantitative estimate of drug-likeness (QED) is 0.205. The zero-order valence-corrected chi connectivity index (χ0v) is 22.8. The predicted octanol–water partition coefficient (Wildman–Crippen LogP) is 8.64. The lowest BCUT2D eigenvalue weighted by Gasteiger charge is -2.15. The Morgan fingerprint density at radius 3 is 2.42 bits per heavy atom.